The molecule has 1 amide bonds. The smallest absolute Gasteiger partial charge is 0.303 e. The van der Waals surface area contributed by atoms with Gasteiger partial charge in [0.05, 0.1) is 0 Å². The highest BCUT2D eigenvalue weighted by Crippen LogP contribution is 2.21. The van der Waals surface area contributed by atoms with Crippen LogP contribution in [0.1, 0.15) is 31.2 Å². The van der Waals surface area contributed by atoms with Crippen LogP contribution >= 0.6 is 0 Å². The number of carbonyl (C=O) groups is 2. The van der Waals surface area contributed by atoms with E-state index in [2.05, 4.69) is 17.1 Å². The van der Waals surface area contributed by atoms with E-state index in [1.807, 2.05) is 23.2 Å². The van der Waals surface area contributed by atoms with Crippen LogP contribution in [0.2, 0.25) is 0 Å². The zero-order chi connectivity index (χ0) is 16.2. The normalized spacial score (nSPS) is 15.9. The molecule has 1 aliphatic heterocycles. The summed E-state index contributed by atoms with van der Waals surface area (Å²) < 4.78 is 0. The van der Waals surface area contributed by atoms with E-state index in [0.29, 0.717) is 19.5 Å². The van der Waals surface area contributed by atoms with Gasteiger partial charge in [0.15, 0.2) is 0 Å². The summed E-state index contributed by atoms with van der Waals surface area (Å²) in [7, 11) is 0. The van der Waals surface area contributed by atoms with Crippen molar-refractivity contribution < 1.29 is 14.7 Å². The summed E-state index contributed by atoms with van der Waals surface area (Å²) in [4.78, 5) is 28.1. The van der Waals surface area contributed by atoms with E-state index in [-0.39, 0.29) is 18.2 Å². The average molecular weight is 314 g/mol. The summed E-state index contributed by atoms with van der Waals surface area (Å²) in [5.41, 5.74) is 2.28. The van der Waals surface area contributed by atoms with E-state index in [9.17, 15) is 9.59 Å². The molecule has 1 aromatic carbocycles. The lowest BCUT2D eigenvalue weighted by molar-refractivity contribution is -0.138. The highest BCUT2D eigenvalue weighted by atomic mass is 16.4. The Kier molecular flexibility index (Phi) is 4.65. The molecule has 1 aromatic heterocycles. The van der Waals surface area contributed by atoms with E-state index < -0.39 is 5.97 Å². The van der Waals surface area contributed by atoms with E-state index in [0.717, 1.165) is 24.8 Å². The highest BCUT2D eigenvalue weighted by Gasteiger charge is 2.23. The van der Waals surface area contributed by atoms with Crippen LogP contribution in [0.25, 0.3) is 10.9 Å². The number of carboxylic acid groups (broad SMARTS) is 1. The Morgan fingerprint density at radius 2 is 2.00 bits per heavy atom. The number of benzene rings is 1. The van der Waals surface area contributed by atoms with Crippen molar-refractivity contribution in [3.8, 4) is 0 Å². The number of piperidine rings is 1. The van der Waals surface area contributed by atoms with Crippen molar-refractivity contribution >= 4 is 22.8 Å². The number of carbonyl (C=O) groups excluding carboxylic acids is 1. The third-order valence-electron chi connectivity index (χ3n) is 4.68. The van der Waals surface area contributed by atoms with Gasteiger partial charge < -0.3 is 15.0 Å². The number of H-pyrrole nitrogens is 1. The molecular weight excluding hydrogens is 292 g/mol. The third kappa shape index (κ3) is 3.92. The Balaban J connectivity index is 1.49. The summed E-state index contributed by atoms with van der Waals surface area (Å²) in [6.45, 7) is 1.38. The van der Waals surface area contributed by atoms with Gasteiger partial charge in [0.2, 0.25) is 5.91 Å². The molecule has 2 heterocycles. The minimum Gasteiger partial charge on any atom is -0.481 e. The van der Waals surface area contributed by atoms with Gasteiger partial charge in [-0.1, -0.05) is 6.07 Å². The number of aromatic amines is 1. The number of aliphatic carboxylic acids is 1. The minimum absolute atomic E-state index is 0.174. The van der Waals surface area contributed by atoms with Gasteiger partial charge >= 0.3 is 5.97 Å². The zero-order valence-corrected chi connectivity index (χ0v) is 13.1. The van der Waals surface area contributed by atoms with E-state index in [1.165, 1.54) is 10.9 Å². The number of likely N-dealkylation sites (tertiary alicyclic amines) is 1. The highest BCUT2D eigenvalue weighted by molar-refractivity contribution is 5.80. The number of fused-ring (bicyclic) bond motifs is 1. The molecule has 23 heavy (non-hydrogen) atoms. The molecule has 1 fully saturated rings. The van der Waals surface area contributed by atoms with Crippen LogP contribution in [0.3, 0.4) is 0 Å². The van der Waals surface area contributed by atoms with Gasteiger partial charge in [-0.05, 0) is 54.3 Å². The Morgan fingerprint density at radius 3 is 2.74 bits per heavy atom. The fraction of sp³-hybridized carbons (Fsp3) is 0.444. The van der Waals surface area contributed by atoms with Gasteiger partial charge in [0.25, 0.3) is 0 Å². The first-order valence-corrected chi connectivity index (χ1v) is 8.17. The predicted molar refractivity (Wildman–Crippen MR) is 88.2 cm³/mol. The molecule has 5 heteroatoms. The second-order valence-electron chi connectivity index (χ2n) is 6.32. The minimum atomic E-state index is -0.741. The van der Waals surface area contributed by atoms with Crippen molar-refractivity contribution in [2.24, 2.45) is 5.92 Å². The molecule has 1 saturated heterocycles. The zero-order valence-electron chi connectivity index (χ0n) is 13.1. The van der Waals surface area contributed by atoms with Crippen molar-refractivity contribution in [2.75, 3.05) is 13.1 Å². The van der Waals surface area contributed by atoms with Crippen LogP contribution in [-0.2, 0) is 16.0 Å². The molecule has 0 spiro atoms. The van der Waals surface area contributed by atoms with Crippen LogP contribution in [0.5, 0.6) is 0 Å². The summed E-state index contributed by atoms with van der Waals surface area (Å²) in [6.07, 6.45) is 4.99. The number of carboxylic acids is 1. The number of amides is 1. The molecule has 0 atom stereocenters. The molecule has 0 aliphatic carbocycles. The number of hydrogen-bond acceptors (Lipinski definition) is 2. The van der Waals surface area contributed by atoms with Crippen LogP contribution in [-0.4, -0.2) is 40.0 Å². The summed E-state index contributed by atoms with van der Waals surface area (Å²) >= 11 is 0. The lowest BCUT2D eigenvalue weighted by atomic mass is 9.93. The maximum absolute atomic E-state index is 12.3. The Bertz CT molecular complexity index is 699. The monoisotopic (exact) mass is 314 g/mol. The van der Waals surface area contributed by atoms with E-state index >= 15 is 0 Å². The average Bonchev–Trinajstić information content (AvgIpc) is 3.00. The predicted octanol–water partition coefficient (Wildman–Crippen LogP) is 2.81. The molecule has 0 radical (unpaired) electrons. The Hall–Kier alpha value is -2.30. The van der Waals surface area contributed by atoms with Gasteiger partial charge in [-0.15, -0.1) is 0 Å². The first kappa shape index (κ1) is 15.6. The lowest BCUT2D eigenvalue weighted by Gasteiger charge is -2.31. The van der Waals surface area contributed by atoms with Gasteiger partial charge in [-0.25, -0.2) is 0 Å². The van der Waals surface area contributed by atoms with Crippen molar-refractivity contribution in [1.29, 1.82) is 0 Å². The summed E-state index contributed by atoms with van der Waals surface area (Å²) in [5, 5.41) is 10.00. The lowest BCUT2D eigenvalue weighted by Crippen LogP contribution is -2.39. The fourth-order valence-electron chi connectivity index (χ4n) is 3.30. The van der Waals surface area contributed by atoms with Crippen molar-refractivity contribution in [3.05, 3.63) is 36.0 Å². The molecule has 0 saturated carbocycles. The molecule has 122 valence electrons. The summed E-state index contributed by atoms with van der Waals surface area (Å²) in [5.74, 6) is -0.351. The van der Waals surface area contributed by atoms with Crippen LogP contribution in [0.15, 0.2) is 30.5 Å². The largest absolute Gasteiger partial charge is 0.481 e. The van der Waals surface area contributed by atoms with Gasteiger partial charge in [-0.3, -0.25) is 9.59 Å². The molecular formula is C18H22N2O3. The molecule has 2 aromatic rings. The number of rotatable bonds is 5. The molecule has 0 bridgehead atoms. The van der Waals surface area contributed by atoms with Crippen molar-refractivity contribution in [2.45, 2.75) is 32.1 Å². The second-order valence-corrected chi connectivity index (χ2v) is 6.32. The quantitative estimate of drug-likeness (QED) is 0.891. The van der Waals surface area contributed by atoms with Crippen molar-refractivity contribution in [3.63, 3.8) is 0 Å². The first-order chi connectivity index (χ1) is 11.1. The second kappa shape index (κ2) is 6.86. The fourth-order valence-corrected chi connectivity index (χ4v) is 3.30. The Labute approximate surface area is 135 Å². The number of nitrogens with one attached hydrogen (secondary N) is 1. The molecule has 3 rings (SSSR count). The SMILES string of the molecule is O=C(O)CC1CCN(C(=O)CCc2ccc3[nH]ccc3c2)CC1. The van der Waals surface area contributed by atoms with Crippen molar-refractivity contribution in [1.82, 2.24) is 9.88 Å². The standard InChI is InChI=1S/C18H22N2O3/c21-17(20-9-6-14(7-10-20)12-18(22)23)4-2-13-1-3-16-15(11-13)5-8-19-16/h1,3,5,8,11,14,19H,2,4,6-7,9-10,12H2,(H,22,23). The van der Waals surface area contributed by atoms with Gasteiger partial charge in [0.1, 0.15) is 0 Å². The number of aryl methyl sites for hydroxylation is 1. The summed E-state index contributed by atoms with van der Waals surface area (Å²) in [6, 6.07) is 8.27. The number of hydrogen-bond donors (Lipinski definition) is 2. The first-order valence-electron chi connectivity index (χ1n) is 8.17. The van der Waals surface area contributed by atoms with E-state index in [4.69, 9.17) is 5.11 Å². The van der Waals surface area contributed by atoms with E-state index in [1.54, 1.807) is 0 Å². The van der Waals surface area contributed by atoms with Crippen LogP contribution < -0.4 is 0 Å². The Morgan fingerprint density at radius 1 is 1.22 bits per heavy atom. The maximum atomic E-state index is 12.3. The van der Waals surface area contributed by atoms with Crippen LogP contribution in [0.4, 0.5) is 0 Å². The molecule has 2 N–H and O–H groups in total. The molecule has 5 nitrogen and oxygen atoms in total. The van der Waals surface area contributed by atoms with Crippen LogP contribution in [0, 0.1) is 5.92 Å². The molecule has 0 unspecified atom stereocenters. The number of aromatic nitrogens is 1. The number of nitrogens with zero attached hydrogens (tertiary/aromatic N) is 1. The molecule has 1 aliphatic rings. The third-order valence-corrected chi connectivity index (χ3v) is 4.68. The topological polar surface area (TPSA) is 73.4 Å². The van der Waals surface area contributed by atoms with Gasteiger partial charge in [0, 0.05) is 37.6 Å². The van der Waals surface area contributed by atoms with Gasteiger partial charge in [-0.2, -0.15) is 0 Å². The maximum Gasteiger partial charge on any atom is 0.303 e.